The summed E-state index contributed by atoms with van der Waals surface area (Å²) in [6.45, 7) is 0.976. The van der Waals surface area contributed by atoms with Crippen LogP contribution in [0.25, 0.3) is 0 Å². The van der Waals surface area contributed by atoms with Crippen LogP contribution < -0.4 is 14.8 Å². The topological polar surface area (TPSA) is 94.1 Å². The summed E-state index contributed by atoms with van der Waals surface area (Å²) in [6, 6.07) is 16.9. The second-order valence-corrected chi connectivity index (χ2v) is 6.98. The molecule has 1 heterocycles. The average Bonchev–Trinajstić information content (AvgIpc) is 2.76. The summed E-state index contributed by atoms with van der Waals surface area (Å²) in [7, 11) is 0. The summed E-state index contributed by atoms with van der Waals surface area (Å²) in [5.41, 5.74) is 0.0421. The van der Waals surface area contributed by atoms with Gasteiger partial charge in [0.05, 0.1) is 5.41 Å². The van der Waals surface area contributed by atoms with Gasteiger partial charge in [0.25, 0.3) is 5.91 Å². The highest BCUT2D eigenvalue weighted by molar-refractivity contribution is 5.80. The second kappa shape index (κ2) is 9.93. The second-order valence-electron chi connectivity index (χ2n) is 6.98. The lowest BCUT2D eigenvalue weighted by Gasteiger charge is -2.33. The predicted molar refractivity (Wildman–Crippen MR) is 106 cm³/mol. The zero-order valence-electron chi connectivity index (χ0n) is 16.1. The van der Waals surface area contributed by atoms with Crippen molar-refractivity contribution in [3.63, 3.8) is 0 Å². The first kappa shape index (κ1) is 20.7. The van der Waals surface area contributed by atoms with E-state index in [9.17, 15) is 14.7 Å². The third kappa shape index (κ3) is 5.71. The van der Waals surface area contributed by atoms with Gasteiger partial charge in [0, 0.05) is 19.8 Å². The van der Waals surface area contributed by atoms with Crippen LogP contribution in [0.4, 0.5) is 0 Å². The molecule has 0 bridgehead atoms. The molecule has 0 radical (unpaired) electrons. The van der Waals surface area contributed by atoms with Crippen molar-refractivity contribution in [1.29, 1.82) is 0 Å². The van der Waals surface area contributed by atoms with E-state index in [1.807, 2.05) is 36.4 Å². The van der Waals surface area contributed by atoms with Gasteiger partial charge in [-0.25, -0.2) is 0 Å². The number of aliphatic carboxylic acids is 1. The standard InChI is InChI=1S/C22H25NO6/c24-20(23-16-22(21(25)26)10-12-27-13-11-22)15-29-19-9-5-4-8-18(19)28-14-17-6-2-1-3-7-17/h1-9H,10-16H2,(H,23,24)(H,25,26). The Morgan fingerprint density at radius 2 is 1.59 bits per heavy atom. The Balaban J connectivity index is 1.51. The molecule has 1 amide bonds. The molecule has 7 nitrogen and oxygen atoms in total. The molecule has 7 heteroatoms. The van der Waals surface area contributed by atoms with Crippen LogP contribution in [-0.2, 0) is 20.9 Å². The van der Waals surface area contributed by atoms with Crippen molar-refractivity contribution < 1.29 is 28.9 Å². The maximum Gasteiger partial charge on any atom is 0.311 e. The van der Waals surface area contributed by atoms with Crippen molar-refractivity contribution in [2.75, 3.05) is 26.4 Å². The fourth-order valence-corrected chi connectivity index (χ4v) is 3.11. The molecule has 1 fully saturated rings. The van der Waals surface area contributed by atoms with Crippen LogP contribution in [0.2, 0.25) is 0 Å². The molecule has 2 aromatic carbocycles. The Bertz CT molecular complexity index is 817. The molecular formula is C22H25NO6. The summed E-state index contributed by atoms with van der Waals surface area (Å²) in [5.74, 6) is -0.301. The van der Waals surface area contributed by atoms with E-state index in [1.165, 1.54) is 0 Å². The lowest BCUT2D eigenvalue weighted by molar-refractivity contribution is -0.154. The normalized spacial score (nSPS) is 15.3. The van der Waals surface area contributed by atoms with Crippen molar-refractivity contribution in [2.24, 2.45) is 5.41 Å². The summed E-state index contributed by atoms with van der Waals surface area (Å²) in [6.07, 6.45) is 0.749. The molecular weight excluding hydrogens is 374 g/mol. The van der Waals surface area contributed by atoms with Gasteiger partial charge in [0.1, 0.15) is 6.61 Å². The fourth-order valence-electron chi connectivity index (χ4n) is 3.11. The van der Waals surface area contributed by atoms with Crippen LogP contribution in [-0.4, -0.2) is 43.3 Å². The molecule has 0 aromatic heterocycles. The van der Waals surface area contributed by atoms with Crippen LogP contribution in [0.15, 0.2) is 54.6 Å². The van der Waals surface area contributed by atoms with E-state index in [4.69, 9.17) is 14.2 Å². The number of carboxylic acids is 1. The zero-order valence-corrected chi connectivity index (χ0v) is 16.1. The van der Waals surface area contributed by atoms with Gasteiger partial charge in [-0.2, -0.15) is 0 Å². The lowest BCUT2D eigenvalue weighted by Crippen LogP contribution is -2.47. The van der Waals surface area contributed by atoms with Crippen LogP contribution in [0.3, 0.4) is 0 Å². The number of para-hydroxylation sites is 2. The number of benzene rings is 2. The van der Waals surface area contributed by atoms with Gasteiger partial charge in [0.15, 0.2) is 18.1 Å². The van der Waals surface area contributed by atoms with Crippen LogP contribution in [0.5, 0.6) is 11.5 Å². The molecule has 1 aliphatic rings. The molecule has 1 saturated heterocycles. The van der Waals surface area contributed by atoms with Gasteiger partial charge in [-0.3, -0.25) is 9.59 Å². The molecule has 1 aliphatic heterocycles. The highest BCUT2D eigenvalue weighted by Crippen LogP contribution is 2.30. The Kier molecular flexibility index (Phi) is 7.08. The predicted octanol–water partition coefficient (Wildman–Crippen LogP) is 2.64. The fraction of sp³-hybridized carbons (Fsp3) is 0.364. The molecule has 3 rings (SSSR count). The minimum absolute atomic E-state index is 0.0556. The largest absolute Gasteiger partial charge is 0.485 e. The number of ether oxygens (including phenoxy) is 3. The Morgan fingerprint density at radius 3 is 2.24 bits per heavy atom. The van der Waals surface area contributed by atoms with Crippen molar-refractivity contribution in [2.45, 2.75) is 19.4 Å². The molecule has 0 saturated carbocycles. The average molecular weight is 399 g/mol. The van der Waals surface area contributed by atoms with Gasteiger partial charge in [0.2, 0.25) is 0 Å². The van der Waals surface area contributed by atoms with E-state index in [2.05, 4.69) is 5.32 Å². The third-order valence-electron chi connectivity index (χ3n) is 4.97. The van der Waals surface area contributed by atoms with E-state index in [-0.39, 0.29) is 19.1 Å². The van der Waals surface area contributed by atoms with E-state index in [1.54, 1.807) is 18.2 Å². The molecule has 154 valence electrons. The SMILES string of the molecule is O=C(COc1ccccc1OCc1ccccc1)NCC1(C(=O)O)CCOCC1. The quantitative estimate of drug-likeness (QED) is 0.673. The van der Waals surface area contributed by atoms with E-state index in [0.29, 0.717) is 44.2 Å². The monoisotopic (exact) mass is 399 g/mol. The Labute approximate surface area is 169 Å². The molecule has 29 heavy (non-hydrogen) atoms. The van der Waals surface area contributed by atoms with E-state index >= 15 is 0 Å². The smallest absolute Gasteiger partial charge is 0.311 e. The first-order chi connectivity index (χ1) is 14.1. The van der Waals surface area contributed by atoms with Gasteiger partial charge in [-0.1, -0.05) is 42.5 Å². The first-order valence-corrected chi connectivity index (χ1v) is 9.55. The van der Waals surface area contributed by atoms with Crippen molar-refractivity contribution in [3.8, 4) is 11.5 Å². The number of carboxylic acid groups (broad SMARTS) is 1. The van der Waals surface area contributed by atoms with Crippen molar-refractivity contribution >= 4 is 11.9 Å². The van der Waals surface area contributed by atoms with Crippen molar-refractivity contribution in [3.05, 3.63) is 60.2 Å². The van der Waals surface area contributed by atoms with E-state index in [0.717, 1.165) is 5.56 Å². The zero-order chi connectivity index (χ0) is 20.5. The van der Waals surface area contributed by atoms with Crippen LogP contribution >= 0.6 is 0 Å². The third-order valence-corrected chi connectivity index (χ3v) is 4.97. The summed E-state index contributed by atoms with van der Waals surface area (Å²) in [4.78, 5) is 23.9. The number of amides is 1. The number of hydrogen-bond donors (Lipinski definition) is 2. The van der Waals surface area contributed by atoms with Crippen LogP contribution in [0.1, 0.15) is 18.4 Å². The molecule has 2 N–H and O–H groups in total. The number of nitrogens with one attached hydrogen (secondary N) is 1. The van der Waals surface area contributed by atoms with Gasteiger partial charge >= 0.3 is 5.97 Å². The van der Waals surface area contributed by atoms with E-state index < -0.39 is 11.4 Å². The molecule has 0 spiro atoms. The van der Waals surface area contributed by atoms with Crippen LogP contribution in [0, 0.1) is 5.41 Å². The molecule has 0 aliphatic carbocycles. The Morgan fingerprint density at radius 1 is 0.966 bits per heavy atom. The number of rotatable bonds is 9. The summed E-state index contributed by atoms with van der Waals surface area (Å²) in [5, 5.41) is 12.2. The van der Waals surface area contributed by atoms with Crippen molar-refractivity contribution in [1.82, 2.24) is 5.32 Å². The highest BCUT2D eigenvalue weighted by Gasteiger charge is 2.40. The maximum atomic E-state index is 12.2. The molecule has 0 unspecified atom stereocenters. The summed E-state index contributed by atoms with van der Waals surface area (Å²) < 4.78 is 16.7. The van der Waals surface area contributed by atoms with Gasteiger partial charge in [-0.05, 0) is 30.5 Å². The van der Waals surface area contributed by atoms with Gasteiger partial charge in [-0.15, -0.1) is 0 Å². The minimum Gasteiger partial charge on any atom is -0.485 e. The van der Waals surface area contributed by atoms with Gasteiger partial charge < -0.3 is 24.6 Å². The first-order valence-electron chi connectivity index (χ1n) is 9.55. The highest BCUT2D eigenvalue weighted by atomic mass is 16.5. The maximum absolute atomic E-state index is 12.2. The number of hydrogen-bond acceptors (Lipinski definition) is 5. The summed E-state index contributed by atoms with van der Waals surface area (Å²) >= 11 is 0. The molecule has 2 aromatic rings. The Hall–Kier alpha value is -3.06. The lowest BCUT2D eigenvalue weighted by atomic mass is 9.80. The molecule has 0 atom stereocenters. The number of carbonyl (C=O) groups excluding carboxylic acids is 1. The minimum atomic E-state index is -0.982. The number of carbonyl (C=O) groups is 2.